The molecule has 0 atom stereocenters. The van der Waals surface area contributed by atoms with Gasteiger partial charge < -0.3 is 0 Å². The van der Waals surface area contributed by atoms with Gasteiger partial charge in [0.15, 0.2) is 0 Å². The van der Waals surface area contributed by atoms with Gasteiger partial charge in [0.2, 0.25) is 0 Å². The Kier molecular flexibility index (Phi) is 2.99. The van der Waals surface area contributed by atoms with Crippen LogP contribution < -0.4 is 0 Å². The summed E-state index contributed by atoms with van der Waals surface area (Å²) in [7, 11) is 0. The second-order valence-electron chi connectivity index (χ2n) is 7.28. The summed E-state index contributed by atoms with van der Waals surface area (Å²) in [5.74, 6) is 0. The van der Waals surface area contributed by atoms with E-state index in [2.05, 4.69) is 88.4 Å². The van der Waals surface area contributed by atoms with E-state index in [1.165, 1.54) is 44.5 Å². The van der Waals surface area contributed by atoms with Gasteiger partial charge in [-0.3, -0.25) is 0 Å². The van der Waals surface area contributed by atoms with Crippen LogP contribution in [0.1, 0.15) is 36.1 Å². The quantitative estimate of drug-likeness (QED) is 0.496. The minimum atomic E-state index is 0.0418. The summed E-state index contributed by atoms with van der Waals surface area (Å²) in [6, 6.07) is 22.4. The first-order chi connectivity index (χ1) is 11.0. The Labute approximate surface area is 138 Å². The standard InChI is InChI=1S/C23H22/c1-15-12-16(2)14-17(13-15)18-9-7-10-20-19-8-5-6-11-21(19)23(3,4)22(18)20/h5-14H,1-4H3. The highest BCUT2D eigenvalue weighted by Crippen LogP contribution is 2.51. The zero-order chi connectivity index (χ0) is 16.2. The third-order valence-corrected chi connectivity index (χ3v) is 5.11. The van der Waals surface area contributed by atoms with Gasteiger partial charge in [-0.2, -0.15) is 0 Å². The molecule has 3 aromatic rings. The van der Waals surface area contributed by atoms with Crippen LogP contribution in [-0.4, -0.2) is 0 Å². The molecule has 114 valence electrons. The summed E-state index contributed by atoms with van der Waals surface area (Å²) in [5, 5.41) is 0. The molecule has 3 aromatic carbocycles. The summed E-state index contributed by atoms with van der Waals surface area (Å²) >= 11 is 0. The van der Waals surface area contributed by atoms with E-state index in [1.54, 1.807) is 0 Å². The Morgan fingerprint density at radius 3 is 2.00 bits per heavy atom. The Morgan fingerprint density at radius 2 is 1.26 bits per heavy atom. The van der Waals surface area contributed by atoms with Crippen LogP contribution in [0.15, 0.2) is 60.7 Å². The molecule has 0 heteroatoms. The van der Waals surface area contributed by atoms with Crippen LogP contribution >= 0.6 is 0 Å². The zero-order valence-corrected chi connectivity index (χ0v) is 14.3. The lowest BCUT2D eigenvalue weighted by Crippen LogP contribution is -2.16. The van der Waals surface area contributed by atoms with Crippen LogP contribution in [0.3, 0.4) is 0 Å². The molecule has 0 radical (unpaired) electrons. The van der Waals surface area contributed by atoms with Crippen molar-refractivity contribution in [2.24, 2.45) is 0 Å². The van der Waals surface area contributed by atoms with E-state index in [0.29, 0.717) is 0 Å². The van der Waals surface area contributed by atoms with Crippen LogP contribution in [0.25, 0.3) is 22.3 Å². The number of hydrogen-bond donors (Lipinski definition) is 0. The number of benzene rings is 3. The smallest absolute Gasteiger partial charge is 0.0165 e. The van der Waals surface area contributed by atoms with Crippen LogP contribution in [0, 0.1) is 13.8 Å². The lowest BCUT2D eigenvalue weighted by atomic mass is 9.78. The van der Waals surface area contributed by atoms with Gasteiger partial charge in [0.1, 0.15) is 0 Å². The van der Waals surface area contributed by atoms with Gasteiger partial charge in [0.25, 0.3) is 0 Å². The Balaban J connectivity index is 2.04. The molecule has 1 aliphatic rings. The van der Waals surface area contributed by atoms with Gasteiger partial charge in [0.05, 0.1) is 0 Å². The van der Waals surface area contributed by atoms with Crippen LogP contribution in [0.5, 0.6) is 0 Å². The average Bonchev–Trinajstić information content (AvgIpc) is 2.75. The van der Waals surface area contributed by atoms with E-state index < -0.39 is 0 Å². The van der Waals surface area contributed by atoms with Crippen molar-refractivity contribution in [3.8, 4) is 22.3 Å². The molecule has 1 aliphatic carbocycles. The van der Waals surface area contributed by atoms with Crippen molar-refractivity contribution in [1.29, 1.82) is 0 Å². The predicted octanol–water partition coefficient (Wildman–Crippen LogP) is 6.28. The molecule has 0 heterocycles. The van der Waals surface area contributed by atoms with Crippen molar-refractivity contribution >= 4 is 0 Å². The van der Waals surface area contributed by atoms with Crippen molar-refractivity contribution in [3.05, 3.63) is 82.9 Å². The van der Waals surface area contributed by atoms with E-state index in [1.807, 2.05) is 0 Å². The Bertz CT molecular complexity index is 893. The molecule has 0 fully saturated rings. The van der Waals surface area contributed by atoms with Crippen LogP contribution in [0.4, 0.5) is 0 Å². The van der Waals surface area contributed by atoms with E-state index in [0.717, 1.165) is 0 Å². The maximum Gasteiger partial charge on any atom is 0.0165 e. The molecule has 0 N–H and O–H groups in total. The fourth-order valence-electron chi connectivity index (χ4n) is 4.22. The fraction of sp³-hybridized carbons (Fsp3) is 0.217. The topological polar surface area (TPSA) is 0 Å². The molecule has 0 amide bonds. The van der Waals surface area contributed by atoms with Gasteiger partial charge in [-0.1, -0.05) is 85.6 Å². The normalized spacial score (nSPS) is 14.4. The highest BCUT2D eigenvalue weighted by atomic mass is 14.4. The number of rotatable bonds is 1. The first-order valence-corrected chi connectivity index (χ1v) is 8.30. The van der Waals surface area contributed by atoms with Crippen molar-refractivity contribution in [2.45, 2.75) is 33.1 Å². The lowest BCUT2D eigenvalue weighted by molar-refractivity contribution is 0.662. The SMILES string of the molecule is Cc1cc(C)cc(-c2cccc3c2C(C)(C)c2ccccc2-3)c1. The third kappa shape index (κ3) is 2.05. The van der Waals surface area contributed by atoms with E-state index in [-0.39, 0.29) is 5.41 Å². The third-order valence-electron chi connectivity index (χ3n) is 5.11. The van der Waals surface area contributed by atoms with E-state index >= 15 is 0 Å². The molecule has 0 nitrogen and oxygen atoms in total. The monoisotopic (exact) mass is 298 g/mol. The summed E-state index contributed by atoms with van der Waals surface area (Å²) < 4.78 is 0. The molecular formula is C23H22. The second-order valence-corrected chi connectivity index (χ2v) is 7.28. The van der Waals surface area contributed by atoms with Crippen molar-refractivity contribution < 1.29 is 0 Å². The summed E-state index contributed by atoms with van der Waals surface area (Å²) in [6.07, 6.45) is 0. The first-order valence-electron chi connectivity index (χ1n) is 8.30. The number of hydrogen-bond acceptors (Lipinski definition) is 0. The minimum Gasteiger partial charge on any atom is -0.0619 e. The summed E-state index contributed by atoms with van der Waals surface area (Å²) in [5.41, 5.74) is 11.1. The molecule has 0 spiro atoms. The second kappa shape index (κ2) is 4.83. The molecule has 0 bridgehead atoms. The average molecular weight is 298 g/mol. The zero-order valence-electron chi connectivity index (χ0n) is 14.3. The largest absolute Gasteiger partial charge is 0.0619 e. The molecule has 0 aliphatic heterocycles. The lowest BCUT2D eigenvalue weighted by Gasteiger charge is -2.24. The molecule has 0 saturated carbocycles. The number of fused-ring (bicyclic) bond motifs is 3. The molecule has 0 saturated heterocycles. The van der Waals surface area contributed by atoms with E-state index in [4.69, 9.17) is 0 Å². The van der Waals surface area contributed by atoms with Gasteiger partial charge in [-0.25, -0.2) is 0 Å². The van der Waals surface area contributed by atoms with Gasteiger partial charge in [-0.05, 0) is 47.2 Å². The van der Waals surface area contributed by atoms with Crippen molar-refractivity contribution in [1.82, 2.24) is 0 Å². The molecule has 0 unspecified atom stereocenters. The first kappa shape index (κ1) is 14.3. The number of aryl methyl sites for hydroxylation is 2. The Hall–Kier alpha value is -2.34. The molecular weight excluding hydrogens is 276 g/mol. The molecule has 0 aromatic heterocycles. The Morgan fingerprint density at radius 1 is 0.652 bits per heavy atom. The summed E-state index contributed by atoms with van der Waals surface area (Å²) in [6.45, 7) is 9.06. The highest BCUT2D eigenvalue weighted by Gasteiger charge is 2.37. The minimum absolute atomic E-state index is 0.0418. The van der Waals surface area contributed by atoms with E-state index in [9.17, 15) is 0 Å². The van der Waals surface area contributed by atoms with Crippen LogP contribution in [0.2, 0.25) is 0 Å². The fourth-order valence-corrected chi connectivity index (χ4v) is 4.22. The highest BCUT2D eigenvalue weighted by molar-refractivity contribution is 5.88. The van der Waals surface area contributed by atoms with Gasteiger partial charge in [-0.15, -0.1) is 0 Å². The van der Waals surface area contributed by atoms with Gasteiger partial charge in [0, 0.05) is 5.41 Å². The molecule has 4 rings (SSSR count). The van der Waals surface area contributed by atoms with Crippen LogP contribution in [-0.2, 0) is 5.41 Å². The maximum atomic E-state index is 2.35. The maximum absolute atomic E-state index is 2.35. The predicted molar refractivity (Wildman–Crippen MR) is 98.9 cm³/mol. The summed E-state index contributed by atoms with van der Waals surface area (Å²) in [4.78, 5) is 0. The molecule has 23 heavy (non-hydrogen) atoms. The van der Waals surface area contributed by atoms with Crippen molar-refractivity contribution in [2.75, 3.05) is 0 Å². The van der Waals surface area contributed by atoms with Gasteiger partial charge >= 0.3 is 0 Å². The van der Waals surface area contributed by atoms with Crippen molar-refractivity contribution in [3.63, 3.8) is 0 Å².